The standard InChI is InChI=1S/C17H26N6.C10H11F/c1-13(9-16(10-18)22-19)23-8-4-6-17(23)14(2)21-12-15-5-3-7-20-11-15;1-10(6-7-10)8-4-2-3-5-9(8)11/h3,5,7,10-11,17,21-22H,1-2,4,6,8-9,12,18-19H2;2-5H,6-7H2,1H3/b16-10-;. The Hall–Kier alpha value is -3.32. The molecule has 1 saturated heterocycles. The molecule has 2 aromatic rings. The Morgan fingerprint density at radius 3 is 2.65 bits per heavy atom. The van der Waals surface area contributed by atoms with Gasteiger partial charge in [-0.15, -0.1) is 0 Å². The SMILES string of the molecule is C=C(NCc1cccnc1)C1CCCN1C(=C)C/C(=C/N)NN.CC1(c2ccccc2F)CC1. The fraction of sp³-hybridized carbons (Fsp3) is 0.370. The molecule has 7 heteroatoms. The molecule has 0 spiro atoms. The highest BCUT2D eigenvalue weighted by molar-refractivity contribution is 5.31. The highest BCUT2D eigenvalue weighted by Crippen LogP contribution is 2.48. The molecule has 0 bridgehead atoms. The van der Waals surface area contributed by atoms with Gasteiger partial charge in [-0.25, -0.2) is 4.39 Å². The summed E-state index contributed by atoms with van der Waals surface area (Å²) in [5.74, 6) is 5.39. The van der Waals surface area contributed by atoms with Gasteiger partial charge >= 0.3 is 0 Å². The lowest BCUT2D eigenvalue weighted by Gasteiger charge is -2.31. The topological polar surface area (TPSA) is 92.2 Å². The average molecular weight is 465 g/mol. The molecule has 1 saturated carbocycles. The zero-order chi connectivity index (χ0) is 24.6. The molecular weight excluding hydrogens is 427 g/mol. The molecule has 1 aliphatic heterocycles. The summed E-state index contributed by atoms with van der Waals surface area (Å²) in [6.45, 7) is 12.2. The van der Waals surface area contributed by atoms with Gasteiger partial charge in [-0.1, -0.05) is 44.3 Å². The predicted molar refractivity (Wildman–Crippen MR) is 136 cm³/mol. The highest BCUT2D eigenvalue weighted by Gasteiger charge is 2.40. The van der Waals surface area contributed by atoms with Crippen LogP contribution in [0.3, 0.4) is 0 Å². The van der Waals surface area contributed by atoms with Gasteiger partial charge in [0.1, 0.15) is 5.82 Å². The summed E-state index contributed by atoms with van der Waals surface area (Å²) < 4.78 is 13.1. The van der Waals surface area contributed by atoms with Crippen molar-refractivity contribution in [3.8, 4) is 0 Å². The van der Waals surface area contributed by atoms with Crippen molar-refractivity contribution in [3.63, 3.8) is 0 Å². The smallest absolute Gasteiger partial charge is 0.126 e. The van der Waals surface area contributed by atoms with Crippen molar-refractivity contribution in [1.82, 2.24) is 20.6 Å². The van der Waals surface area contributed by atoms with Gasteiger partial charge in [0.15, 0.2) is 0 Å². The molecule has 182 valence electrons. The highest BCUT2D eigenvalue weighted by atomic mass is 19.1. The average Bonchev–Trinajstić information content (AvgIpc) is 3.40. The maximum absolute atomic E-state index is 13.1. The Morgan fingerprint density at radius 1 is 1.26 bits per heavy atom. The van der Waals surface area contributed by atoms with Crippen LogP contribution in [0.1, 0.15) is 50.2 Å². The van der Waals surface area contributed by atoms with E-state index in [4.69, 9.17) is 11.6 Å². The molecular formula is C27H37FN6. The lowest BCUT2D eigenvalue weighted by Crippen LogP contribution is -2.35. The van der Waals surface area contributed by atoms with Crippen LogP contribution in [0, 0.1) is 5.82 Å². The van der Waals surface area contributed by atoms with Crippen molar-refractivity contribution in [3.05, 3.63) is 102 Å². The molecule has 0 radical (unpaired) electrons. The van der Waals surface area contributed by atoms with E-state index in [0.717, 1.165) is 67.0 Å². The molecule has 1 aromatic heterocycles. The van der Waals surface area contributed by atoms with E-state index in [1.165, 1.54) is 6.20 Å². The molecule has 6 nitrogen and oxygen atoms in total. The van der Waals surface area contributed by atoms with E-state index >= 15 is 0 Å². The van der Waals surface area contributed by atoms with E-state index in [0.29, 0.717) is 6.42 Å². The second-order valence-electron chi connectivity index (χ2n) is 9.21. The number of hydrogen-bond acceptors (Lipinski definition) is 6. The summed E-state index contributed by atoms with van der Waals surface area (Å²) in [5.41, 5.74) is 13.1. The number of halogens is 1. The van der Waals surface area contributed by atoms with Crippen molar-refractivity contribution >= 4 is 0 Å². The predicted octanol–water partition coefficient (Wildman–Crippen LogP) is 4.19. The van der Waals surface area contributed by atoms with Gasteiger partial charge in [-0.3, -0.25) is 10.8 Å². The van der Waals surface area contributed by atoms with Gasteiger partial charge in [0.25, 0.3) is 0 Å². The number of likely N-dealkylation sites (tertiary alicyclic amines) is 1. The molecule has 2 aliphatic rings. The third kappa shape index (κ3) is 6.60. The first kappa shape index (κ1) is 25.3. The number of hydrogen-bond donors (Lipinski definition) is 4. The zero-order valence-electron chi connectivity index (χ0n) is 20.1. The lowest BCUT2D eigenvalue weighted by molar-refractivity contribution is 0.336. The normalized spacial score (nSPS) is 18.5. The maximum Gasteiger partial charge on any atom is 0.126 e. The Labute approximate surface area is 202 Å². The Morgan fingerprint density at radius 2 is 2.03 bits per heavy atom. The first-order chi connectivity index (χ1) is 16.4. The molecule has 1 aromatic carbocycles. The van der Waals surface area contributed by atoms with Crippen LogP contribution >= 0.6 is 0 Å². The molecule has 1 aliphatic carbocycles. The third-order valence-electron chi connectivity index (χ3n) is 6.61. The number of benzene rings is 1. The minimum absolute atomic E-state index is 0.0486. The van der Waals surface area contributed by atoms with Crippen LogP contribution in [-0.2, 0) is 12.0 Å². The van der Waals surface area contributed by atoms with Crippen LogP contribution in [0.5, 0.6) is 0 Å². The first-order valence-corrected chi connectivity index (χ1v) is 11.8. The van der Waals surface area contributed by atoms with Crippen LogP contribution in [-0.4, -0.2) is 22.5 Å². The fourth-order valence-corrected chi connectivity index (χ4v) is 4.23. The molecule has 4 rings (SSSR count). The van der Waals surface area contributed by atoms with Crippen molar-refractivity contribution in [1.29, 1.82) is 0 Å². The van der Waals surface area contributed by atoms with E-state index < -0.39 is 0 Å². The maximum atomic E-state index is 13.1. The minimum atomic E-state index is -0.0486. The Bertz CT molecular complexity index is 999. The second kappa shape index (κ2) is 11.7. The van der Waals surface area contributed by atoms with Crippen LogP contribution in [0.15, 0.2) is 85.2 Å². The number of nitrogens with one attached hydrogen (secondary N) is 2. The van der Waals surface area contributed by atoms with Crippen LogP contribution in [0.25, 0.3) is 0 Å². The number of pyridine rings is 1. The molecule has 2 fully saturated rings. The van der Waals surface area contributed by atoms with Crippen LogP contribution in [0.2, 0.25) is 0 Å². The summed E-state index contributed by atoms with van der Waals surface area (Å²) in [5, 5.41) is 3.41. The van der Waals surface area contributed by atoms with Gasteiger partial charge in [0.2, 0.25) is 0 Å². The number of nitrogens with zero attached hydrogens (tertiary/aromatic N) is 2. The quantitative estimate of drug-likeness (QED) is 0.328. The summed E-state index contributed by atoms with van der Waals surface area (Å²) in [6, 6.07) is 11.3. The van der Waals surface area contributed by atoms with Gasteiger partial charge < -0.3 is 21.4 Å². The summed E-state index contributed by atoms with van der Waals surface area (Å²) >= 11 is 0. The molecule has 34 heavy (non-hydrogen) atoms. The first-order valence-electron chi connectivity index (χ1n) is 11.8. The number of nitrogens with two attached hydrogens (primary N) is 2. The van der Waals surface area contributed by atoms with Gasteiger partial charge in [0, 0.05) is 55.2 Å². The Balaban J connectivity index is 0.000000243. The summed E-state index contributed by atoms with van der Waals surface area (Å²) in [6.07, 6.45) is 10.2. The lowest BCUT2D eigenvalue weighted by atomic mass is 9.98. The van der Waals surface area contributed by atoms with Crippen molar-refractivity contribution < 1.29 is 4.39 Å². The number of rotatable bonds is 9. The van der Waals surface area contributed by atoms with E-state index in [-0.39, 0.29) is 17.3 Å². The van der Waals surface area contributed by atoms with Crippen molar-refractivity contribution in [2.75, 3.05) is 6.54 Å². The Kier molecular flexibility index (Phi) is 8.71. The number of hydrazine groups is 1. The van der Waals surface area contributed by atoms with Crippen molar-refractivity contribution in [2.45, 2.75) is 57.0 Å². The van der Waals surface area contributed by atoms with E-state index in [2.05, 4.69) is 40.7 Å². The number of aromatic nitrogens is 1. The van der Waals surface area contributed by atoms with Gasteiger partial charge in [-0.2, -0.15) is 0 Å². The zero-order valence-corrected chi connectivity index (χ0v) is 20.1. The summed E-state index contributed by atoms with van der Waals surface area (Å²) in [7, 11) is 0. The molecule has 1 unspecified atom stereocenters. The van der Waals surface area contributed by atoms with Gasteiger partial charge in [-0.05, 0) is 54.4 Å². The van der Waals surface area contributed by atoms with Gasteiger partial charge in [0.05, 0.1) is 6.04 Å². The third-order valence-corrected chi connectivity index (χ3v) is 6.61. The van der Waals surface area contributed by atoms with Crippen molar-refractivity contribution in [2.24, 2.45) is 11.6 Å². The second-order valence-corrected chi connectivity index (χ2v) is 9.21. The van der Waals surface area contributed by atoms with E-state index in [1.54, 1.807) is 18.3 Å². The fourth-order valence-electron chi connectivity index (χ4n) is 4.23. The van der Waals surface area contributed by atoms with E-state index in [9.17, 15) is 4.39 Å². The van der Waals surface area contributed by atoms with Crippen LogP contribution < -0.4 is 22.3 Å². The monoisotopic (exact) mass is 464 g/mol. The molecule has 0 amide bonds. The molecule has 6 N–H and O–H groups in total. The van der Waals surface area contributed by atoms with Crippen LogP contribution in [0.4, 0.5) is 4.39 Å². The molecule has 2 heterocycles. The minimum Gasteiger partial charge on any atom is -0.403 e. The van der Waals surface area contributed by atoms with E-state index in [1.807, 2.05) is 30.5 Å². The largest absolute Gasteiger partial charge is 0.403 e. The molecule has 1 atom stereocenters. The summed E-state index contributed by atoms with van der Waals surface area (Å²) in [4.78, 5) is 6.40.